The summed E-state index contributed by atoms with van der Waals surface area (Å²) in [5, 5.41) is 8.56. The summed E-state index contributed by atoms with van der Waals surface area (Å²) in [7, 11) is 0. The molecule has 0 spiro atoms. The van der Waals surface area contributed by atoms with Crippen LogP contribution in [0, 0.1) is 6.92 Å². The molecule has 5 heteroatoms. The molecule has 1 N–H and O–H groups in total. The highest BCUT2D eigenvalue weighted by Gasteiger charge is 2.31. The predicted molar refractivity (Wildman–Crippen MR) is 119 cm³/mol. The highest BCUT2D eigenvalue weighted by Crippen LogP contribution is 2.30. The first-order valence-corrected chi connectivity index (χ1v) is 10.2. The monoisotopic (exact) mass is 398 g/mol. The van der Waals surface area contributed by atoms with Gasteiger partial charge in [0.15, 0.2) is 5.65 Å². The van der Waals surface area contributed by atoms with Crippen LogP contribution < -0.4 is 5.32 Å². The number of aryl methyl sites for hydroxylation is 1. The van der Waals surface area contributed by atoms with Crippen molar-refractivity contribution in [2.24, 2.45) is 0 Å². The van der Waals surface area contributed by atoms with Crippen LogP contribution in [0.5, 0.6) is 0 Å². The quantitative estimate of drug-likeness (QED) is 0.514. The molecule has 0 aliphatic heterocycles. The smallest absolute Gasteiger partial charge is 0.254 e. The zero-order chi connectivity index (χ0) is 21.3. The van der Waals surface area contributed by atoms with E-state index in [4.69, 9.17) is 4.98 Å². The Labute approximate surface area is 176 Å². The summed E-state index contributed by atoms with van der Waals surface area (Å²) >= 11 is 0. The Morgan fingerprint density at radius 2 is 1.57 bits per heavy atom. The van der Waals surface area contributed by atoms with Gasteiger partial charge in [0.25, 0.3) is 5.91 Å². The van der Waals surface area contributed by atoms with Crippen molar-refractivity contribution in [2.75, 3.05) is 0 Å². The SMILES string of the molecule is Cc1nc2c(cnn2C(C)C)cc1C(=O)NC(C)(c1ccccc1)c1ccccc1. The largest absolute Gasteiger partial charge is 0.339 e. The van der Waals surface area contributed by atoms with Crippen LogP contribution in [0.1, 0.15) is 54.0 Å². The highest BCUT2D eigenvalue weighted by atomic mass is 16.1. The van der Waals surface area contributed by atoms with Gasteiger partial charge in [-0.3, -0.25) is 4.79 Å². The fraction of sp³-hybridized carbons (Fsp3) is 0.240. The van der Waals surface area contributed by atoms with E-state index in [1.54, 1.807) is 6.20 Å². The predicted octanol–water partition coefficient (Wildman–Crippen LogP) is 5.01. The minimum atomic E-state index is -0.677. The molecule has 0 unspecified atom stereocenters. The molecule has 2 aromatic carbocycles. The molecular weight excluding hydrogens is 372 g/mol. The summed E-state index contributed by atoms with van der Waals surface area (Å²) in [6.07, 6.45) is 1.77. The molecule has 4 rings (SSSR count). The van der Waals surface area contributed by atoms with Crippen LogP contribution >= 0.6 is 0 Å². The van der Waals surface area contributed by atoms with E-state index in [-0.39, 0.29) is 11.9 Å². The minimum Gasteiger partial charge on any atom is -0.339 e. The van der Waals surface area contributed by atoms with E-state index in [1.165, 1.54) is 0 Å². The maximum atomic E-state index is 13.4. The van der Waals surface area contributed by atoms with Crippen molar-refractivity contribution in [1.82, 2.24) is 20.1 Å². The second-order valence-corrected chi connectivity index (χ2v) is 8.03. The van der Waals surface area contributed by atoms with E-state index in [2.05, 4.69) is 24.3 Å². The van der Waals surface area contributed by atoms with Gasteiger partial charge in [-0.25, -0.2) is 9.67 Å². The number of hydrogen-bond donors (Lipinski definition) is 1. The molecule has 30 heavy (non-hydrogen) atoms. The van der Waals surface area contributed by atoms with Crippen molar-refractivity contribution in [2.45, 2.75) is 39.3 Å². The summed E-state index contributed by atoms with van der Waals surface area (Å²) < 4.78 is 1.88. The van der Waals surface area contributed by atoms with Crippen LogP contribution in [0.4, 0.5) is 0 Å². The van der Waals surface area contributed by atoms with Gasteiger partial charge in [0.1, 0.15) is 0 Å². The number of benzene rings is 2. The fourth-order valence-electron chi connectivity index (χ4n) is 3.82. The molecule has 0 fully saturated rings. The Bertz CT molecular complexity index is 1140. The standard InChI is InChI=1S/C25H26N4O/c1-17(2)29-23-19(16-26-29)15-22(18(3)27-23)24(30)28-25(4,20-11-7-5-8-12-20)21-13-9-6-10-14-21/h5-17H,1-4H3,(H,28,30). The average molecular weight is 399 g/mol. The zero-order valence-corrected chi connectivity index (χ0v) is 17.8. The molecule has 2 aromatic heterocycles. The third kappa shape index (κ3) is 3.47. The Morgan fingerprint density at radius 1 is 1.00 bits per heavy atom. The number of aromatic nitrogens is 3. The number of amides is 1. The lowest BCUT2D eigenvalue weighted by Crippen LogP contribution is -2.44. The molecule has 5 nitrogen and oxygen atoms in total. The van der Waals surface area contributed by atoms with Crippen LogP contribution in [-0.2, 0) is 5.54 Å². The minimum absolute atomic E-state index is 0.158. The van der Waals surface area contributed by atoms with Crippen molar-refractivity contribution in [3.05, 3.63) is 95.3 Å². The molecule has 1 amide bonds. The summed E-state index contributed by atoms with van der Waals surface area (Å²) in [6.45, 7) is 8.03. The average Bonchev–Trinajstić information content (AvgIpc) is 3.17. The van der Waals surface area contributed by atoms with Gasteiger partial charge in [-0.15, -0.1) is 0 Å². The van der Waals surface area contributed by atoms with Crippen molar-refractivity contribution in [3.63, 3.8) is 0 Å². The Morgan fingerprint density at radius 3 is 2.10 bits per heavy atom. The van der Waals surface area contributed by atoms with Crippen molar-refractivity contribution in [1.29, 1.82) is 0 Å². The Kier molecular flexibility index (Phi) is 5.12. The molecule has 0 saturated carbocycles. The van der Waals surface area contributed by atoms with E-state index in [0.29, 0.717) is 11.3 Å². The number of nitrogens with zero attached hydrogens (tertiary/aromatic N) is 3. The first-order valence-electron chi connectivity index (χ1n) is 10.2. The molecule has 2 heterocycles. The van der Waals surface area contributed by atoms with Crippen molar-refractivity contribution in [3.8, 4) is 0 Å². The van der Waals surface area contributed by atoms with E-state index in [0.717, 1.165) is 22.2 Å². The van der Waals surface area contributed by atoms with Gasteiger partial charge in [-0.05, 0) is 44.9 Å². The molecule has 0 aliphatic carbocycles. The first kappa shape index (κ1) is 19.8. The summed E-state index contributed by atoms with van der Waals surface area (Å²) in [6, 6.07) is 22.1. The molecule has 152 valence electrons. The number of pyridine rings is 1. The van der Waals surface area contributed by atoms with Crippen LogP contribution in [0.2, 0.25) is 0 Å². The second kappa shape index (κ2) is 7.75. The topological polar surface area (TPSA) is 59.8 Å². The van der Waals surface area contributed by atoms with Crippen molar-refractivity contribution >= 4 is 16.9 Å². The van der Waals surface area contributed by atoms with E-state index in [1.807, 2.05) is 85.3 Å². The molecule has 4 aromatic rings. The molecule has 0 atom stereocenters. The molecule has 0 radical (unpaired) electrons. The van der Waals surface area contributed by atoms with Crippen LogP contribution in [0.3, 0.4) is 0 Å². The lowest BCUT2D eigenvalue weighted by molar-refractivity contribution is 0.0918. The lowest BCUT2D eigenvalue weighted by atomic mass is 9.84. The van der Waals surface area contributed by atoms with E-state index >= 15 is 0 Å². The van der Waals surface area contributed by atoms with Gasteiger partial charge in [0, 0.05) is 11.4 Å². The van der Waals surface area contributed by atoms with Crippen LogP contribution in [-0.4, -0.2) is 20.7 Å². The van der Waals surface area contributed by atoms with Gasteiger partial charge in [-0.1, -0.05) is 60.7 Å². The third-order valence-corrected chi connectivity index (χ3v) is 5.56. The normalized spacial score (nSPS) is 11.8. The van der Waals surface area contributed by atoms with Gasteiger partial charge in [0.05, 0.1) is 23.0 Å². The maximum Gasteiger partial charge on any atom is 0.254 e. The number of rotatable bonds is 5. The van der Waals surface area contributed by atoms with E-state index < -0.39 is 5.54 Å². The number of carbonyl (C=O) groups is 1. The van der Waals surface area contributed by atoms with Gasteiger partial charge < -0.3 is 5.32 Å². The van der Waals surface area contributed by atoms with E-state index in [9.17, 15) is 4.79 Å². The summed E-state index contributed by atoms with van der Waals surface area (Å²) in [5.74, 6) is -0.158. The summed E-state index contributed by atoms with van der Waals surface area (Å²) in [4.78, 5) is 18.1. The lowest BCUT2D eigenvalue weighted by Gasteiger charge is -2.32. The van der Waals surface area contributed by atoms with Gasteiger partial charge in [0.2, 0.25) is 0 Å². The number of nitrogens with one attached hydrogen (secondary N) is 1. The fourth-order valence-corrected chi connectivity index (χ4v) is 3.82. The van der Waals surface area contributed by atoms with Crippen molar-refractivity contribution < 1.29 is 4.79 Å². The summed E-state index contributed by atoms with van der Waals surface area (Å²) in [5.41, 5.74) is 3.40. The van der Waals surface area contributed by atoms with Gasteiger partial charge in [-0.2, -0.15) is 5.10 Å². The number of carbonyl (C=O) groups excluding carboxylic acids is 1. The maximum absolute atomic E-state index is 13.4. The first-order chi connectivity index (χ1) is 14.4. The highest BCUT2D eigenvalue weighted by molar-refractivity contribution is 5.99. The van der Waals surface area contributed by atoms with Gasteiger partial charge >= 0.3 is 0 Å². The molecular formula is C25H26N4O. The van der Waals surface area contributed by atoms with Crippen LogP contribution in [0.15, 0.2) is 72.9 Å². The molecule has 0 saturated heterocycles. The zero-order valence-electron chi connectivity index (χ0n) is 17.8. The third-order valence-electron chi connectivity index (χ3n) is 5.56. The van der Waals surface area contributed by atoms with Crippen LogP contribution in [0.25, 0.3) is 11.0 Å². The molecule has 0 bridgehead atoms. The molecule has 0 aliphatic rings. The Hall–Kier alpha value is -3.47. The number of hydrogen-bond acceptors (Lipinski definition) is 3. The second-order valence-electron chi connectivity index (χ2n) is 8.03. The Balaban J connectivity index is 1.76. The number of fused-ring (bicyclic) bond motifs is 1.